The number of aromatic nitrogens is 1. The van der Waals surface area contributed by atoms with E-state index in [1.54, 1.807) is 31.3 Å². The van der Waals surface area contributed by atoms with Crippen LogP contribution in [0.2, 0.25) is 5.02 Å². The van der Waals surface area contributed by atoms with Crippen LogP contribution in [-0.2, 0) is 0 Å². The first kappa shape index (κ1) is 12.9. The van der Waals surface area contributed by atoms with Crippen LogP contribution >= 0.6 is 11.6 Å². The minimum atomic E-state index is -0.316. The number of H-pyrrole nitrogens is 1. The first-order valence-electron chi connectivity index (χ1n) is 6.14. The van der Waals surface area contributed by atoms with E-state index in [0.29, 0.717) is 21.7 Å². The van der Waals surface area contributed by atoms with Crippen molar-refractivity contribution < 1.29 is 9.18 Å². The Hall–Kier alpha value is -2.13. The van der Waals surface area contributed by atoms with E-state index >= 15 is 0 Å². The first-order valence-corrected chi connectivity index (χ1v) is 6.51. The number of halogens is 2. The third kappa shape index (κ3) is 2.10. The van der Waals surface area contributed by atoms with Gasteiger partial charge in [-0.05, 0) is 48.9 Å². The number of benzene rings is 2. The van der Waals surface area contributed by atoms with Gasteiger partial charge in [-0.25, -0.2) is 4.39 Å². The maximum Gasteiger partial charge on any atom is 0.195 e. The molecule has 2 aromatic carbocycles. The van der Waals surface area contributed by atoms with Gasteiger partial charge in [0, 0.05) is 33.2 Å². The van der Waals surface area contributed by atoms with Crippen LogP contribution in [0, 0.1) is 12.7 Å². The zero-order chi connectivity index (χ0) is 14.3. The first-order chi connectivity index (χ1) is 9.56. The van der Waals surface area contributed by atoms with Crippen molar-refractivity contribution >= 4 is 28.3 Å². The molecule has 3 aromatic rings. The Balaban J connectivity index is 2.12. The highest BCUT2D eigenvalue weighted by atomic mass is 35.5. The topological polar surface area (TPSA) is 32.9 Å². The largest absolute Gasteiger partial charge is 0.360 e. The lowest BCUT2D eigenvalue weighted by Crippen LogP contribution is -2.01. The summed E-state index contributed by atoms with van der Waals surface area (Å²) >= 11 is 5.97. The Bertz CT molecular complexity index is 822. The Morgan fingerprint density at radius 2 is 2.00 bits per heavy atom. The summed E-state index contributed by atoms with van der Waals surface area (Å²) in [7, 11) is 0. The summed E-state index contributed by atoms with van der Waals surface area (Å²) in [6, 6.07) is 9.69. The lowest BCUT2D eigenvalue weighted by Gasteiger charge is -2.02. The number of hydrogen-bond donors (Lipinski definition) is 1. The molecule has 0 fully saturated rings. The van der Waals surface area contributed by atoms with Crippen LogP contribution in [0.3, 0.4) is 0 Å². The lowest BCUT2D eigenvalue weighted by atomic mass is 10.0. The van der Waals surface area contributed by atoms with Crippen molar-refractivity contribution in [3.05, 3.63) is 70.1 Å². The second-order valence-electron chi connectivity index (χ2n) is 4.69. The van der Waals surface area contributed by atoms with E-state index < -0.39 is 0 Å². The van der Waals surface area contributed by atoms with Crippen LogP contribution in [0.4, 0.5) is 4.39 Å². The van der Waals surface area contributed by atoms with Gasteiger partial charge >= 0.3 is 0 Å². The molecule has 1 aromatic heterocycles. The van der Waals surface area contributed by atoms with Gasteiger partial charge in [0.25, 0.3) is 0 Å². The van der Waals surface area contributed by atoms with Crippen LogP contribution in [0.25, 0.3) is 10.9 Å². The van der Waals surface area contributed by atoms with Crippen LogP contribution in [0.15, 0.2) is 42.6 Å². The minimum Gasteiger partial charge on any atom is -0.360 e. The highest BCUT2D eigenvalue weighted by Crippen LogP contribution is 2.25. The van der Waals surface area contributed by atoms with E-state index in [4.69, 9.17) is 11.6 Å². The van der Waals surface area contributed by atoms with E-state index in [-0.39, 0.29) is 11.6 Å². The second-order valence-corrected chi connectivity index (χ2v) is 5.12. The summed E-state index contributed by atoms with van der Waals surface area (Å²) < 4.78 is 13.3. The Kier molecular flexibility index (Phi) is 3.07. The molecule has 3 rings (SSSR count). The number of rotatable bonds is 2. The summed E-state index contributed by atoms with van der Waals surface area (Å²) in [6.07, 6.45) is 1.65. The number of carbonyl (C=O) groups excluding carboxylic acids is 1. The van der Waals surface area contributed by atoms with Crippen molar-refractivity contribution in [3.63, 3.8) is 0 Å². The zero-order valence-corrected chi connectivity index (χ0v) is 11.5. The number of fused-ring (bicyclic) bond motifs is 1. The summed E-state index contributed by atoms with van der Waals surface area (Å²) in [5.41, 5.74) is 2.29. The summed E-state index contributed by atoms with van der Waals surface area (Å²) in [4.78, 5) is 15.5. The predicted molar refractivity (Wildman–Crippen MR) is 77.9 cm³/mol. The number of aromatic amines is 1. The van der Waals surface area contributed by atoms with Gasteiger partial charge < -0.3 is 4.98 Å². The molecule has 100 valence electrons. The summed E-state index contributed by atoms with van der Waals surface area (Å²) in [6.45, 7) is 1.64. The highest BCUT2D eigenvalue weighted by Gasteiger charge is 2.15. The van der Waals surface area contributed by atoms with E-state index in [0.717, 1.165) is 10.9 Å². The van der Waals surface area contributed by atoms with Gasteiger partial charge in [-0.1, -0.05) is 11.6 Å². The standard InChI is InChI=1S/C16H11ClFNO/c1-9-6-10(2-4-14(9)18)16(20)13-8-19-15-5-3-11(17)7-12(13)15/h2-8,19H,1H3. The number of carbonyl (C=O) groups is 1. The van der Waals surface area contributed by atoms with Crippen molar-refractivity contribution in [2.24, 2.45) is 0 Å². The third-order valence-electron chi connectivity index (χ3n) is 3.31. The summed E-state index contributed by atoms with van der Waals surface area (Å²) in [5, 5.41) is 1.34. The Morgan fingerprint density at radius 3 is 2.75 bits per heavy atom. The van der Waals surface area contributed by atoms with Crippen molar-refractivity contribution in [2.75, 3.05) is 0 Å². The second kappa shape index (κ2) is 4.76. The molecule has 0 atom stereocenters. The maximum absolute atomic E-state index is 13.3. The molecule has 2 nitrogen and oxygen atoms in total. The van der Waals surface area contributed by atoms with E-state index in [9.17, 15) is 9.18 Å². The normalized spacial score (nSPS) is 10.9. The number of aryl methyl sites for hydroxylation is 1. The molecule has 0 aliphatic carbocycles. The van der Waals surface area contributed by atoms with Crippen LogP contribution in [-0.4, -0.2) is 10.8 Å². The fourth-order valence-corrected chi connectivity index (χ4v) is 2.39. The number of hydrogen-bond acceptors (Lipinski definition) is 1. The molecule has 0 aliphatic rings. The molecule has 0 aliphatic heterocycles. The average Bonchev–Trinajstić information content (AvgIpc) is 2.84. The fourth-order valence-electron chi connectivity index (χ4n) is 2.22. The van der Waals surface area contributed by atoms with Crippen molar-refractivity contribution in [2.45, 2.75) is 6.92 Å². The van der Waals surface area contributed by atoms with E-state index in [1.807, 2.05) is 6.07 Å². The molecule has 0 saturated carbocycles. The summed E-state index contributed by atoms with van der Waals surface area (Å²) in [5.74, 6) is -0.467. The molecule has 0 spiro atoms. The molecular formula is C16H11ClFNO. The molecular weight excluding hydrogens is 277 g/mol. The smallest absolute Gasteiger partial charge is 0.195 e. The molecule has 0 saturated heterocycles. The van der Waals surface area contributed by atoms with E-state index in [1.165, 1.54) is 12.1 Å². The number of ketones is 1. The van der Waals surface area contributed by atoms with Crippen molar-refractivity contribution in [1.82, 2.24) is 4.98 Å². The van der Waals surface area contributed by atoms with Gasteiger partial charge in [-0.15, -0.1) is 0 Å². The molecule has 0 amide bonds. The van der Waals surface area contributed by atoms with Crippen molar-refractivity contribution in [3.8, 4) is 0 Å². The van der Waals surface area contributed by atoms with Gasteiger partial charge in [-0.2, -0.15) is 0 Å². The van der Waals surface area contributed by atoms with Crippen LogP contribution < -0.4 is 0 Å². The van der Waals surface area contributed by atoms with Gasteiger partial charge in [0.05, 0.1) is 0 Å². The SMILES string of the molecule is Cc1cc(C(=O)c2c[nH]c3ccc(Cl)cc23)ccc1F. The molecule has 1 N–H and O–H groups in total. The molecule has 4 heteroatoms. The molecule has 0 bridgehead atoms. The maximum atomic E-state index is 13.3. The molecule has 0 unspecified atom stereocenters. The van der Waals surface area contributed by atoms with Gasteiger partial charge in [0.15, 0.2) is 5.78 Å². The highest BCUT2D eigenvalue weighted by molar-refractivity contribution is 6.31. The minimum absolute atomic E-state index is 0.151. The quantitative estimate of drug-likeness (QED) is 0.692. The van der Waals surface area contributed by atoms with Gasteiger partial charge in [-0.3, -0.25) is 4.79 Å². The van der Waals surface area contributed by atoms with Crippen molar-refractivity contribution in [1.29, 1.82) is 0 Å². The monoisotopic (exact) mass is 287 g/mol. The Labute approximate surface area is 120 Å². The van der Waals surface area contributed by atoms with Gasteiger partial charge in [0.2, 0.25) is 0 Å². The van der Waals surface area contributed by atoms with Crippen LogP contribution in [0.5, 0.6) is 0 Å². The lowest BCUT2D eigenvalue weighted by molar-refractivity contribution is 0.104. The zero-order valence-electron chi connectivity index (χ0n) is 10.7. The van der Waals surface area contributed by atoms with Gasteiger partial charge in [0.1, 0.15) is 5.82 Å². The predicted octanol–water partition coefficient (Wildman–Crippen LogP) is 4.50. The van der Waals surface area contributed by atoms with E-state index in [2.05, 4.69) is 4.98 Å². The number of nitrogens with one attached hydrogen (secondary N) is 1. The average molecular weight is 288 g/mol. The molecule has 1 heterocycles. The van der Waals surface area contributed by atoms with Crippen LogP contribution in [0.1, 0.15) is 21.5 Å². The third-order valence-corrected chi connectivity index (χ3v) is 3.54. The fraction of sp³-hybridized carbons (Fsp3) is 0.0625. The Morgan fingerprint density at radius 1 is 1.20 bits per heavy atom. The molecule has 0 radical (unpaired) electrons. The molecule has 20 heavy (non-hydrogen) atoms.